The molecule has 1 amide bonds. The van der Waals surface area contributed by atoms with E-state index in [-0.39, 0.29) is 5.91 Å². The molecule has 0 spiro atoms. The minimum Gasteiger partial charge on any atom is -0.352 e. The van der Waals surface area contributed by atoms with Gasteiger partial charge in [-0.05, 0) is 6.07 Å². The maximum atomic E-state index is 11.3. The van der Waals surface area contributed by atoms with Gasteiger partial charge in [0.1, 0.15) is 11.8 Å². The normalized spacial score (nSPS) is 9.08. The maximum absolute atomic E-state index is 11.3. The number of hydrogen-bond donors (Lipinski definition) is 1. The zero-order chi connectivity index (χ0) is 9.14. The van der Waals surface area contributed by atoms with Gasteiger partial charge in [0.2, 0.25) is 0 Å². The topological polar surface area (TPSA) is 59.9 Å². The fraction of sp³-hybridized carbons (Fsp3) is 0.250. The van der Waals surface area contributed by atoms with Crippen LogP contribution < -0.4 is 0 Å². The highest BCUT2D eigenvalue weighted by atomic mass is 16.2. The van der Waals surface area contributed by atoms with Gasteiger partial charge in [-0.2, -0.15) is 5.26 Å². The van der Waals surface area contributed by atoms with Gasteiger partial charge < -0.3 is 9.88 Å². The van der Waals surface area contributed by atoms with Gasteiger partial charge >= 0.3 is 0 Å². The van der Waals surface area contributed by atoms with Crippen LogP contribution >= 0.6 is 0 Å². The largest absolute Gasteiger partial charge is 0.352 e. The first-order valence-electron chi connectivity index (χ1n) is 3.45. The molecule has 1 N–H and O–H groups in total. The van der Waals surface area contributed by atoms with E-state index in [0.29, 0.717) is 11.3 Å². The molecule has 4 nitrogen and oxygen atoms in total. The highest BCUT2D eigenvalue weighted by Crippen LogP contribution is 2.03. The summed E-state index contributed by atoms with van der Waals surface area (Å²) in [5, 5.41) is 8.47. The molecule has 1 aromatic heterocycles. The molecule has 0 aliphatic heterocycles. The van der Waals surface area contributed by atoms with Crippen molar-refractivity contribution in [3.63, 3.8) is 0 Å². The molecule has 0 aliphatic carbocycles. The number of nitrogens with one attached hydrogen (secondary N) is 1. The molecule has 0 aromatic carbocycles. The summed E-state index contributed by atoms with van der Waals surface area (Å²) in [7, 11) is 3.34. The molecule has 0 radical (unpaired) electrons. The lowest BCUT2D eigenvalue weighted by Gasteiger charge is -2.06. The van der Waals surface area contributed by atoms with Crippen molar-refractivity contribution in [2.75, 3.05) is 14.1 Å². The molecule has 4 heteroatoms. The molecule has 0 aliphatic rings. The summed E-state index contributed by atoms with van der Waals surface area (Å²) in [5.41, 5.74) is 0.914. The summed E-state index contributed by atoms with van der Waals surface area (Å²) in [6.07, 6.45) is 1.53. The van der Waals surface area contributed by atoms with Crippen LogP contribution in [-0.4, -0.2) is 29.9 Å². The number of rotatable bonds is 1. The van der Waals surface area contributed by atoms with Gasteiger partial charge in [0, 0.05) is 20.3 Å². The van der Waals surface area contributed by atoms with E-state index >= 15 is 0 Å². The van der Waals surface area contributed by atoms with Gasteiger partial charge in [0.15, 0.2) is 0 Å². The first-order chi connectivity index (χ1) is 5.65. The standard InChI is InChI=1S/C8H9N3O/c1-11(2)8(12)6-3-7(4-9)10-5-6/h3,5,10H,1-2H3. The quantitative estimate of drug-likeness (QED) is 0.658. The third kappa shape index (κ3) is 1.45. The van der Waals surface area contributed by atoms with Crippen LogP contribution in [0.2, 0.25) is 0 Å². The number of aromatic amines is 1. The van der Waals surface area contributed by atoms with Crippen molar-refractivity contribution in [1.29, 1.82) is 5.26 Å². The third-order valence-electron chi connectivity index (χ3n) is 1.46. The van der Waals surface area contributed by atoms with Crippen LogP contribution in [0.5, 0.6) is 0 Å². The summed E-state index contributed by atoms with van der Waals surface area (Å²) in [5.74, 6) is -0.104. The smallest absolute Gasteiger partial charge is 0.254 e. The molecule has 12 heavy (non-hydrogen) atoms. The van der Waals surface area contributed by atoms with Crippen LogP contribution in [0.25, 0.3) is 0 Å². The van der Waals surface area contributed by atoms with E-state index < -0.39 is 0 Å². The fourth-order valence-electron chi connectivity index (χ4n) is 0.841. The summed E-state index contributed by atoms with van der Waals surface area (Å²) in [4.78, 5) is 15.4. The van der Waals surface area contributed by atoms with Crippen molar-refractivity contribution < 1.29 is 4.79 Å². The minimum absolute atomic E-state index is 0.104. The van der Waals surface area contributed by atoms with Gasteiger partial charge in [-0.25, -0.2) is 0 Å². The van der Waals surface area contributed by atoms with Gasteiger partial charge in [-0.1, -0.05) is 0 Å². The molecule has 1 aromatic rings. The first-order valence-corrected chi connectivity index (χ1v) is 3.45. The van der Waals surface area contributed by atoms with E-state index in [0.717, 1.165) is 0 Å². The number of carbonyl (C=O) groups is 1. The van der Waals surface area contributed by atoms with Gasteiger partial charge in [-0.3, -0.25) is 4.79 Å². The number of amides is 1. The number of nitriles is 1. The molecule has 0 fully saturated rings. The summed E-state index contributed by atoms with van der Waals surface area (Å²) in [6, 6.07) is 3.44. The molecular weight excluding hydrogens is 154 g/mol. The van der Waals surface area contributed by atoms with Crippen LogP contribution in [0.3, 0.4) is 0 Å². The van der Waals surface area contributed by atoms with Gasteiger partial charge in [0.05, 0.1) is 5.56 Å². The second-order valence-electron chi connectivity index (χ2n) is 2.61. The highest BCUT2D eigenvalue weighted by Gasteiger charge is 2.09. The van der Waals surface area contributed by atoms with Gasteiger partial charge in [-0.15, -0.1) is 0 Å². The van der Waals surface area contributed by atoms with E-state index in [1.807, 2.05) is 6.07 Å². The monoisotopic (exact) mass is 163 g/mol. The zero-order valence-electron chi connectivity index (χ0n) is 6.96. The van der Waals surface area contributed by atoms with E-state index in [1.54, 1.807) is 14.1 Å². The summed E-state index contributed by atoms with van der Waals surface area (Å²) in [6.45, 7) is 0. The molecule has 0 bridgehead atoms. The molecule has 1 heterocycles. The van der Waals surface area contributed by atoms with E-state index in [4.69, 9.17) is 5.26 Å². The van der Waals surface area contributed by atoms with Crippen LogP contribution in [0.1, 0.15) is 16.1 Å². The molecule has 1 rings (SSSR count). The average Bonchev–Trinajstić information content (AvgIpc) is 2.50. The summed E-state index contributed by atoms with van der Waals surface area (Å²) >= 11 is 0. The Morgan fingerprint density at radius 2 is 2.33 bits per heavy atom. The average molecular weight is 163 g/mol. The van der Waals surface area contributed by atoms with Gasteiger partial charge in [0.25, 0.3) is 5.91 Å². The lowest BCUT2D eigenvalue weighted by Crippen LogP contribution is -2.20. The number of H-pyrrole nitrogens is 1. The molecular formula is C8H9N3O. The predicted octanol–water partition coefficient (Wildman–Crippen LogP) is 0.588. The second kappa shape index (κ2) is 3.09. The van der Waals surface area contributed by atoms with Crippen LogP contribution in [0, 0.1) is 11.3 Å². The number of aromatic nitrogens is 1. The van der Waals surface area contributed by atoms with E-state index in [9.17, 15) is 4.79 Å². The van der Waals surface area contributed by atoms with Crippen molar-refractivity contribution in [3.8, 4) is 6.07 Å². The maximum Gasteiger partial charge on any atom is 0.254 e. The highest BCUT2D eigenvalue weighted by molar-refractivity contribution is 5.94. The lowest BCUT2D eigenvalue weighted by molar-refractivity contribution is 0.0828. The predicted molar refractivity (Wildman–Crippen MR) is 43.5 cm³/mol. The lowest BCUT2D eigenvalue weighted by atomic mass is 10.3. The van der Waals surface area contributed by atoms with Crippen LogP contribution in [0.15, 0.2) is 12.3 Å². The number of hydrogen-bond acceptors (Lipinski definition) is 2. The Morgan fingerprint density at radius 3 is 2.75 bits per heavy atom. The number of nitrogens with zero attached hydrogens (tertiary/aromatic N) is 2. The Labute approximate surface area is 70.4 Å². The van der Waals surface area contributed by atoms with Crippen molar-refractivity contribution in [3.05, 3.63) is 23.5 Å². The van der Waals surface area contributed by atoms with Crippen molar-refractivity contribution in [2.45, 2.75) is 0 Å². The molecule has 62 valence electrons. The van der Waals surface area contributed by atoms with Crippen molar-refractivity contribution in [1.82, 2.24) is 9.88 Å². The summed E-state index contributed by atoms with van der Waals surface area (Å²) < 4.78 is 0. The molecule has 0 saturated carbocycles. The first kappa shape index (κ1) is 8.34. The van der Waals surface area contributed by atoms with Crippen LogP contribution in [-0.2, 0) is 0 Å². The van der Waals surface area contributed by atoms with Crippen molar-refractivity contribution >= 4 is 5.91 Å². The fourth-order valence-corrected chi connectivity index (χ4v) is 0.841. The SMILES string of the molecule is CN(C)C(=O)c1c[nH]c(C#N)c1. The Morgan fingerprint density at radius 1 is 1.67 bits per heavy atom. The Kier molecular flexibility index (Phi) is 2.15. The Balaban J connectivity index is 2.91. The van der Waals surface area contributed by atoms with E-state index in [1.165, 1.54) is 17.2 Å². The molecule has 0 unspecified atom stereocenters. The molecule has 0 saturated heterocycles. The second-order valence-corrected chi connectivity index (χ2v) is 2.61. The zero-order valence-corrected chi connectivity index (χ0v) is 6.96. The Bertz CT molecular complexity index is 332. The van der Waals surface area contributed by atoms with Crippen molar-refractivity contribution in [2.24, 2.45) is 0 Å². The van der Waals surface area contributed by atoms with Crippen LogP contribution in [0.4, 0.5) is 0 Å². The minimum atomic E-state index is -0.104. The third-order valence-corrected chi connectivity index (χ3v) is 1.46. The Hall–Kier alpha value is -1.76. The molecule has 0 atom stereocenters. The van der Waals surface area contributed by atoms with E-state index in [2.05, 4.69) is 4.98 Å². The number of carbonyl (C=O) groups excluding carboxylic acids is 1.